The van der Waals surface area contributed by atoms with E-state index in [9.17, 15) is 19.5 Å². The molecule has 0 bridgehead atoms. The van der Waals surface area contributed by atoms with Gasteiger partial charge in [0.25, 0.3) is 11.8 Å². The first-order chi connectivity index (χ1) is 8.00. The normalized spacial score (nSPS) is 11.6. The Morgan fingerprint density at radius 3 is 2.82 bits per heavy atom. The van der Waals surface area contributed by atoms with Gasteiger partial charge in [0.05, 0.1) is 0 Å². The van der Waals surface area contributed by atoms with Crippen molar-refractivity contribution >= 4 is 29.2 Å². The van der Waals surface area contributed by atoms with E-state index in [2.05, 4.69) is 15.5 Å². The molecular weight excluding hydrogens is 250 g/mol. The third kappa shape index (κ3) is 4.17. The molecule has 9 heteroatoms. The van der Waals surface area contributed by atoms with Crippen LogP contribution in [0.2, 0.25) is 0 Å². The minimum absolute atomic E-state index is 0.158. The molecule has 1 unspecified atom stereocenters. The molecule has 1 atom stereocenters. The number of aliphatic hydroxyl groups is 1. The lowest BCUT2D eigenvalue weighted by Gasteiger charge is -2.07. The van der Waals surface area contributed by atoms with Gasteiger partial charge in [-0.1, -0.05) is 0 Å². The second-order valence-electron chi connectivity index (χ2n) is 2.79. The van der Waals surface area contributed by atoms with Gasteiger partial charge < -0.3 is 15.6 Å². The van der Waals surface area contributed by atoms with Crippen LogP contribution in [0.4, 0.5) is 4.79 Å². The first-order valence-electron chi connectivity index (χ1n) is 4.34. The lowest BCUT2D eigenvalue weighted by Crippen LogP contribution is -2.37. The van der Waals surface area contributed by atoms with Crippen LogP contribution in [0, 0.1) is 0 Å². The Morgan fingerprint density at radius 2 is 2.29 bits per heavy atom. The van der Waals surface area contributed by atoms with Crippen molar-refractivity contribution < 1.29 is 24.2 Å². The van der Waals surface area contributed by atoms with Crippen LogP contribution in [-0.2, 0) is 14.3 Å². The number of aliphatic hydroxyl groups excluding tert-OH is 1. The predicted molar refractivity (Wildman–Crippen MR) is 55.8 cm³/mol. The highest BCUT2D eigenvalue weighted by atomic mass is 32.1. The summed E-state index contributed by atoms with van der Waals surface area (Å²) in [5, 5.41) is 13.0. The molecule has 0 aliphatic carbocycles. The van der Waals surface area contributed by atoms with Gasteiger partial charge in [0.1, 0.15) is 5.01 Å². The summed E-state index contributed by atoms with van der Waals surface area (Å²) in [6.45, 7) is -0.689. The van der Waals surface area contributed by atoms with Crippen LogP contribution in [0.25, 0.3) is 0 Å². The van der Waals surface area contributed by atoms with E-state index >= 15 is 0 Å². The van der Waals surface area contributed by atoms with Crippen molar-refractivity contribution in [2.45, 2.75) is 6.10 Å². The minimum Gasteiger partial charge on any atom is -0.440 e. The molecule has 92 valence electrons. The quantitative estimate of drug-likeness (QED) is 0.629. The predicted octanol–water partition coefficient (Wildman–Crippen LogP) is -1.09. The zero-order valence-corrected chi connectivity index (χ0v) is 9.27. The van der Waals surface area contributed by atoms with Gasteiger partial charge in [-0.25, -0.2) is 9.78 Å². The molecule has 0 saturated heterocycles. The molecule has 0 aliphatic rings. The second kappa shape index (κ2) is 5.92. The van der Waals surface area contributed by atoms with Gasteiger partial charge in [-0.15, -0.1) is 11.3 Å². The number of nitrogens with one attached hydrogen (secondary N) is 1. The molecule has 17 heavy (non-hydrogen) atoms. The molecule has 0 radical (unpaired) electrons. The number of aromatic nitrogens is 1. The molecule has 1 aromatic heterocycles. The minimum atomic E-state index is -1.53. The van der Waals surface area contributed by atoms with Crippen molar-refractivity contribution in [1.82, 2.24) is 10.3 Å². The molecule has 1 rings (SSSR count). The Kier molecular flexibility index (Phi) is 4.55. The standard InChI is InChI=1S/C8H9N3O5S/c9-8(15)16-3-4(12)11-6(14)5(13)7-10-1-2-17-7/h1-2,5,13H,3H2,(H2,9,15)(H,11,12,14). The fraction of sp³-hybridized carbons (Fsp3) is 0.250. The van der Waals surface area contributed by atoms with E-state index in [1.165, 1.54) is 6.20 Å². The van der Waals surface area contributed by atoms with Gasteiger partial charge >= 0.3 is 6.09 Å². The SMILES string of the molecule is NC(=O)OCC(=O)NC(=O)C(O)c1nccs1. The number of carbonyl (C=O) groups excluding carboxylic acids is 3. The summed E-state index contributed by atoms with van der Waals surface area (Å²) in [5.74, 6) is -1.83. The van der Waals surface area contributed by atoms with Crippen LogP contribution in [0.15, 0.2) is 11.6 Å². The van der Waals surface area contributed by atoms with Crippen molar-refractivity contribution in [3.05, 3.63) is 16.6 Å². The molecule has 0 fully saturated rings. The first kappa shape index (κ1) is 13.1. The summed E-state index contributed by atoms with van der Waals surface area (Å²) in [6.07, 6.45) is -1.25. The zero-order chi connectivity index (χ0) is 12.8. The topological polar surface area (TPSA) is 132 Å². The molecule has 4 N–H and O–H groups in total. The third-order valence-electron chi connectivity index (χ3n) is 1.54. The molecular formula is C8H9N3O5S. The number of hydrogen-bond acceptors (Lipinski definition) is 7. The maximum absolute atomic E-state index is 11.3. The fourth-order valence-corrected chi connectivity index (χ4v) is 1.48. The highest BCUT2D eigenvalue weighted by molar-refractivity contribution is 7.09. The van der Waals surface area contributed by atoms with E-state index in [1.54, 1.807) is 5.38 Å². The number of nitrogens with zero attached hydrogens (tertiary/aromatic N) is 1. The number of rotatable bonds is 4. The van der Waals surface area contributed by atoms with E-state index in [0.29, 0.717) is 0 Å². The van der Waals surface area contributed by atoms with E-state index < -0.39 is 30.6 Å². The Labute approximate surface area is 99.4 Å². The second-order valence-corrected chi connectivity index (χ2v) is 3.72. The van der Waals surface area contributed by atoms with Crippen LogP contribution in [0.3, 0.4) is 0 Å². The van der Waals surface area contributed by atoms with Crippen molar-refractivity contribution in [3.8, 4) is 0 Å². The summed E-state index contributed by atoms with van der Waals surface area (Å²) in [6, 6.07) is 0. The number of primary amides is 1. The summed E-state index contributed by atoms with van der Waals surface area (Å²) in [7, 11) is 0. The molecule has 0 aromatic carbocycles. The zero-order valence-electron chi connectivity index (χ0n) is 8.45. The molecule has 0 saturated carbocycles. The number of nitrogens with two attached hydrogens (primary N) is 1. The number of carbonyl (C=O) groups is 3. The molecule has 8 nitrogen and oxygen atoms in total. The lowest BCUT2D eigenvalue weighted by molar-refractivity contribution is -0.137. The van der Waals surface area contributed by atoms with Crippen LogP contribution in [0.1, 0.15) is 11.1 Å². The van der Waals surface area contributed by atoms with Crippen molar-refractivity contribution in [2.24, 2.45) is 5.73 Å². The van der Waals surface area contributed by atoms with Gasteiger partial charge in [-0.3, -0.25) is 14.9 Å². The van der Waals surface area contributed by atoms with Gasteiger partial charge in [0, 0.05) is 11.6 Å². The van der Waals surface area contributed by atoms with Gasteiger partial charge in [0.15, 0.2) is 12.7 Å². The van der Waals surface area contributed by atoms with E-state index in [4.69, 9.17) is 0 Å². The van der Waals surface area contributed by atoms with Crippen molar-refractivity contribution in [3.63, 3.8) is 0 Å². The smallest absolute Gasteiger partial charge is 0.405 e. The maximum atomic E-state index is 11.3. The van der Waals surface area contributed by atoms with Crippen LogP contribution >= 0.6 is 11.3 Å². The third-order valence-corrected chi connectivity index (χ3v) is 2.37. The Morgan fingerprint density at radius 1 is 1.59 bits per heavy atom. The summed E-state index contributed by atoms with van der Waals surface area (Å²) < 4.78 is 4.15. The average molecular weight is 259 g/mol. The highest BCUT2D eigenvalue weighted by Crippen LogP contribution is 2.14. The molecule has 1 heterocycles. The summed E-state index contributed by atoms with van der Waals surface area (Å²) in [5.41, 5.74) is 4.62. The van der Waals surface area contributed by atoms with Crippen LogP contribution < -0.4 is 11.1 Å². The lowest BCUT2D eigenvalue weighted by atomic mass is 10.3. The number of thiazole rings is 1. The Bertz CT molecular complexity index is 419. The van der Waals surface area contributed by atoms with Crippen molar-refractivity contribution in [2.75, 3.05) is 6.61 Å². The van der Waals surface area contributed by atoms with E-state index in [1.807, 2.05) is 5.32 Å². The number of ether oxygens (including phenoxy) is 1. The van der Waals surface area contributed by atoms with Gasteiger partial charge in [-0.2, -0.15) is 0 Å². The van der Waals surface area contributed by atoms with E-state index in [-0.39, 0.29) is 5.01 Å². The van der Waals surface area contributed by atoms with E-state index in [0.717, 1.165) is 11.3 Å². The average Bonchev–Trinajstić information content (AvgIpc) is 2.78. The fourth-order valence-electron chi connectivity index (χ4n) is 0.860. The highest BCUT2D eigenvalue weighted by Gasteiger charge is 2.21. The largest absolute Gasteiger partial charge is 0.440 e. The monoisotopic (exact) mass is 259 g/mol. The number of hydrogen-bond donors (Lipinski definition) is 3. The maximum Gasteiger partial charge on any atom is 0.405 e. The molecule has 0 spiro atoms. The molecule has 0 aliphatic heterocycles. The Balaban J connectivity index is 2.44. The van der Waals surface area contributed by atoms with Crippen LogP contribution in [0.5, 0.6) is 0 Å². The Hall–Kier alpha value is -2.00. The number of imide groups is 1. The van der Waals surface area contributed by atoms with Gasteiger partial charge in [-0.05, 0) is 0 Å². The molecule has 1 aromatic rings. The summed E-state index contributed by atoms with van der Waals surface area (Å²) in [4.78, 5) is 36.2. The number of amides is 3. The van der Waals surface area contributed by atoms with Gasteiger partial charge in [0.2, 0.25) is 0 Å². The van der Waals surface area contributed by atoms with Crippen LogP contribution in [-0.4, -0.2) is 34.6 Å². The van der Waals surface area contributed by atoms with Crippen molar-refractivity contribution in [1.29, 1.82) is 0 Å². The molecule has 3 amide bonds. The first-order valence-corrected chi connectivity index (χ1v) is 5.22. The summed E-state index contributed by atoms with van der Waals surface area (Å²) >= 11 is 1.07.